The van der Waals surface area contributed by atoms with Crippen molar-refractivity contribution in [2.45, 2.75) is 58.5 Å². The maximum atomic E-state index is 5.67. The summed E-state index contributed by atoms with van der Waals surface area (Å²) in [6.45, 7) is 5.64. The SMILES string of the molecule is CC1Cc2nc(CCC3CCCO3)[nH]c2CC1C. The van der Waals surface area contributed by atoms with Crippen LogP contribution in [0.2, 0.25) is 0 Å². The molecule has 3 unspecified atom stereocenters. The van der Waals surface area contributed by atoms with E-state index in [9.17, 15) is 0 Å². The number of ether oxygens (including phenoxy) is 1. The number of aromatic nitrogens is 2. The van der Waals surface area contributed by atoms with Crippen LogP contribution in [-0.4, -0.2) is 22.7 Å². The molecule has 3 heteroatoms. The van der Waals surface area contributed by atoms with Gasteiger partial charge >= 0.3 is 0 Å². The molecular formula is C15H24N2O. The Balaban J connectivity index is 1.62. The molecule has 100 valence electrons. The third-order valence-corrected chi connectivity index (χ3v) is 4.65. The number of aryl methyl sites for hydroxylation is 1. The van der Waals surface area contributed by atoms with Crippen LogP contribution in [0.25, 0.3) is 0 Å². The Bertz CT molecular complexity index is 379. The average molecular weight is 248 g/mol. The van der Waals surface area contributed by atoms with E-state index in [0.717, 1.165) is 37.7 Å². The summed E-state index contributed by atoms with van der Waals surface area (Å²) in [5.74, 6) is 2.73. The zero-order chi connectivity index (χ0) is 12.5. The van der Waals surface area contributed by atoms with Crippen LogP contribution in [0.1, 0.15) is 50.3 Å². The lowest BCUT2D eigenvalue weighted by molar-refractivity contribution is 0.104. The van der Waals surface area contributed by atoms with Crippen LogP contribution in [0.5, 0.6) is 0 Å². The molecule has 0 aromatic carbocycles. The number of aromatic amines is 1. The highest BCUT2D eigenvalue weighted by Gasteiger charge is 2.25. The number of nitrogens with one attached hydrogen (secondary N) is 1. The Hall–Kier alpha value is -0.830. The first-order valence-corrected chi connectivity index (χ1v) is 7.40. The molecule has 2 heterocycles. The van der Waals surface area contributed by atoms with E-state index in [-0.39, 0.29) is 0 Å². The molecule has 0 amide bonds. The molecule has 3 atom stereocenters. The molecule has 0 bridgehead atoms. The van der Waals surface area contributed by atoms with Gasteiger partial charge in [-0.25, -0.2) is 4.98 Å². The van der Waals surface area contributed by atoms with Crippen LogP contribution in [0, 0.1) is 11.8 Å². The van der Waals surface area contributed by atoms with Gasteiger partial charge in [-0.15, -0.1) is 0 Å². The molecule has 1 N–H and O–H groups in total. The van der Waals surface area contributed by atoms with Gasteiger partial charge in [0.15, 0.2) is 0 Å². The van der Waals surface area contributed by atoms with E-state index < -0.39 is 0 Å². The van der Waals surface area contributed by atoms with Gasteiger partial charge in [0.2, 0.25) is 0 Å². The fraction of sp³-hybridized carbons (Fsp3) is 0.800. The van der Waals surface area contributed by atoms with Gasteiger partial charge < -0.3 is 9.72 Å². The molecule has 0 spiro atoms. The maximum absolute atomic E-state index is 5.67. The Kier molecular flexibility index (Phi) is 3.42. The highest BCUT2D eigenvalue weighted by Crippen LogP contribution is 2.28. The van der Waals surface area contributed by atoms with Crippen LogP contribution in [0.15, 0.2) is 0 Å². The second-order valence-electron chi connectivity index (χ2n) is 6.15. The molecule has 0 radical (unpaired) electrons. The van der Waals surface area contributed by atoms with Gasteiger partial charge in [0.25, 0.3) is 0 Å². The number of hydrogen-bond acceptors (Lipinski definition) is 2. The van der Waals surface area contributed by atoms with Crippen molar-refractivity contribution in [1.29, 1.82) is 0 Å². The lowest BCUT2D eigenvalue weighted by Crippen LogP contribution is -2.20. The van der Waals surface area contributed by atoms with Gasteiger partial charge in [-0.1, -0.05) is 13.8 Å². The smallest absolute Gasteiger partial charge is 0.106 e. The zero-order valence-corrected chi connectivity index (χ0v) is 11.5. The van der Waals surface area contributed by atoms with Gasteiger partial charge in [0.1, 0.15) is 5.82 Å². The molecular weight excluding hydrogens is 224 g/mol. The van der Waals surface area contributed by atoms with E-state index in [1.54, 1.807) is 0 Å². The normalized spacial score (nSPS) is 31.6. The van der Waals surface area contributed by atoms with Crippen molar-refractivity contribution in [3.63, 3.8) is 0 Å². The first-order chi connectivity index (χ1) is 8.72. The van der Waals surface area contributed by atoms with E-state index in [1.165, 1.54) is 36.5 Å². The molecule has 18 heavy (non-hydrogen) atoms. The van der Waals surface area contributed by atoms with Crippen molar-refractivity contribution in [3.05, 3.63) is 17.2 Å². The third-order valence-electron chi connectivity index (χ3n) is 4.65. The lowest BCUT2D eigenvalue weighted by atomic mass is 9.82. The number of hydrogen-bond donors (Lipinski definition) is 1. The summed E-state index contributed by atoms with van der Waals surface area (Å²) in [7, 11) is 0. The zero-order valence-electron chi connectivity index (χ0n) is 11.5. The van der Waals surface area contributed by atoms with E-state index in [0.29, 0.717) is 6.10 Å². The number of nitrogens with zero attached hydrogens (tertiary/aromatic N) is 1. The van der Waals surface area contributed by atoms with Crippen LogP contribution >= 0.6 is 0 Å². The van der Waals surface area contributed by atoms with Gasteiger partial charge in [-0.3, -0.25) is 0 Å². The van der Waals surface area contributed by atoms with Crippen molar-refractivity contribution in [1.82, 2.24) is 9.97 Å². The largest absolute Gasteiger partial charge is 0.378 e. The maximum Gasteiger partial charge on any atom is 0.106 e. The molecule has 1 aliphatic carbocycles. The Labute approximate surface area is 109 Å². The summed E-state index contributed by atoms with van der Waals surface area (Å²) in [4.78, 5) is 8.33. The third kappa shape index (κ3) is 2.46. The van der Waals surface area contributed by atoms with E-state index in [2.05, 4.69) is 18.8 Å². The summed E-state index contributed by atoms with van der Waals surface area (Å²) < 4.78 is 5.67. The molecule has 1 fully saturated rings. The quantitative estimate of drug-likeness (QED) is 0.893. The van der Waals surface area contributed by atoms with Gasteiger partial charge in [-0.2, -0.15) is 0 Å². The summed E-state index contributed by atoms with van der Waals surface area (Å²) in [6, 6.07) is 0. The predicted molar refractivity (Wildman–Crippen MR) is 71.6 cm³/mol. The monoisotopic (exact) mass is 248 g/mol. The molecule has 3 rings (SSSR count). The molecule has 1 aromatic rings. The molecule has 2 aliphatic rings. The Morgan fingerprint density at radius 1 is 1.28 bits per heavy atom. The first-order valence-electron chi connectivity index (χ1n) is 7.40. The fourth-order valence-corrected chi connectivity index (χ4v) is 3.16. The number of rotatable bonds is 3. The first kappa shape index (κ1) is 12.2. The summed E-state index contributed by atoms with van der Waals surface area (Å²) in [5, 5.41) is 0. The van der Waals surface area contributed by atoms with Crippen LogP contribution in [-0.2, 0) is 24.0 Å². The Morgan fingerprint density at radius 2 is 2.11 bits per heavy atom. The second kappa shape index (κ2) is 5.04. The Morgan fingerprint density at radius 3 is 2.89 bits per heavy atom. The van der Waals surface area contributed by atoms with Gasteiger partial charge in [-0.05, 0) is 43.9 Å². The van der Waals surface area contributed by atoms with Gasteiger partial charge in [0.05, 0.1) is 11.8 Å². The summed E-state index contributed by atoms with van der Waals surface area (Å²) in [6.07, 6.45) is 7.42. The lowest BCUT2D eigenvalue weighted by Gasteiger charge is -2.24. The topological polar surface area (TPSA) is 37.9 Å². The van der Waals surface area contributed by atoms with E-state index in [1.807, 2.05) is 0 Å². The highest BCUT2D eigenvalue weighted by atomic mass is 16.5. The van der Waals surface area contributed by atoms with Crippen molar-refractivity contribution in [2.24, 2.45) is 11.8 Å². The summed E-state index contributed by atoms with van der Waals surface area (Å²) >= 11 is 0. The number of fused-ring (bicyclic) bond motifs is 1. The van der Waals surface area contributed by atoms with Crippen molar-refractivity contribution in [2.75, 3.05) is 6.61 Å². The highest BCUT2D eigenvalue weighted by molar-refractivity contribution is 5.19. The number of H-pyrrole nitrogens is 1. The molecule has 1 aliphatic heterocycles. The number of imidazole rings is 1. The fourth-order valence-electron chi connectivity index (χ4n) is 3.16. The van der Waals surface area contributed by atoms with Crippen molar-refractivity contribution < 1.29 is 4.74 Å². The minimum absolute atomic E-state index is 0.477. The molecule has 1 saturated heterocycles. The molecule has 1 aromatic heterocycles. The second-order valence-corrected chi connectivity index (χ2v) is 6.15. The average Bonchev–Trinajstić information content (AvgIpc) is 2.96. The standard InChI is InChI=1S/C15H24N2O/c1-10-8-13-14(9-11(10)2)17-15(16-13)6-5-12-4-3-7-18-12/h10-12H,3-9H2,1-2H3,(H,16,17). The predicted octanol–water partition coefficient (Wildman–Crippen LogP) is 2.89. The van der Waals surface area contributed by atoms with Crippen LogP contribution in [0.3, 0.4) is 0 Å². The minimum atomic E-state index is 0.477. The van der Waals surface area contributed by atoms with Crippen LogP contribution in [0.4, 0.5) is 0 Å². The molecule has 3 nitrogen and oxygen atoms in total. The minimum Gasteiger partial charge on any atom is -0.378 e. The van der Waals surface area contributed by atoms with E-state index in [4.69, 9.17) is 9.72 Å². The molecule has 0 saturated carbocycles. The van der Waals surface area contributed by atoms with E-state index >= 15 is 0 Å². The summed E-state index contributed by atoms with van der Waals surface area (Å²) in [5.41, 5.74) is 2.71. The van der Waals surface area contributed by atoms with Crippen molar-refractivity contribution in [3.8, 4) is 0 Å². The van der Waals surface area contributed by atoms with Crippen molar-refractivity contribution >= 4 is 0 Å². The van der Waals surface area contributed by atoms with Gasteiger partial charge in [0, 0.05) is 18.7 Å². The van der Waals surface area contributed by atoms with Crippen LogP contribution < -0.4 is 0 Å².